The molecule has 0 saturated carbocycles. The Bertz CT molecular complexity index is 522. The van der Waals surface area contributed by atoms with E-state index in [2.05, 4.69) is 12.6 Å². The van der Waals surface area contributed by atoms with Crippen LogP contribution in [0.25, 0.3) is 0 Å². The molecule has 0 amide bonds. The molecule has 0 aliphatic heterocycles. The molecule has 8 heteroatoms. The number of rotatable bonds is 2. The summed E-state index contributed by atoms with van der Waals surface area (Å²) in [7, 11) is -4.53. The Balaban J connectivity index is 3.59. The first-order valence-electron chi connectivity index (χ1n) is 3.56. The Labute approximate surface area is 90.9 Å². The lowest BCUT2D eigenvalue weighted by Gasteiger charge is -2.06. The summed E-state index contributed by atoms with van der Waals surface area (Å²) >= 11 is 3.76. The highest BCUT2D eigenvalue weighted by Crippen LogP contribution is 2.27. The molecular weight excluding hydrogens is 242 g/mol. The fraction of sp³-hybridized carbons (Fsp3) is 0. The summed E-state index contributed by atoms with van der Waals surface area (Å²) in [6, 6.07) is 1.84. The number of nitrogens with two attached hydrogens (primary N) is 1. The van der Waals surface area contributed by atoms with E-state index in [0.29, 0.717) is 0 Å². The Hall–Kier alpha value is -1.25. The highest BCUT2D eigenvalue weighted by atomic mass is 32.2. The molecule has 1 aromatic carbocycles. The zero-order valence-electron chi connectivity index (χ0n) is 7.21. The van der Waals surface area contributed by atoms with E-state index < -0.39 is 21.0 Å². The molecule has 1 aromatic rings. The van der Waals surface area contributed by atoms with E-state index in [1.807, 2.05) is 0 Å². The van der Waals surface area contributed by atoms with Crippen LogP contribution in [0.4, 0.5) is 5.69 Å². The number of nitrogen functional groups attached to an aromatic ring is 1. The number of aromatic carboxylic acids is 1. The molecule has 15 heavy (non-hydrogen) atoms. The van der Waals surface area contributed by atoms with Gasteiger partial charge in [0.25, 0.3) is 10.1 Å². The summed E-state index contributed by atoms with van der Waals surface area (Å²) in [6.07, 6.45) is 0. The van der Waals surface area contributed by atoms with Crippen LogP contribution in [-0.2, 0) is 10.1 Å². The van der Waals surface area contributed by atoms with Crippen LogP contribution < -0.4 is 5.73 Å². The summed E-state index contributed by atoms with van der Waals surface area (Å²) in [5, 5.41) is 8.63. The van der Waals surface area contributed by atoms with Crippen LogP contribution in [0.3, 0.4) is 0 Å². The minimum atomic E-state index is -4.53. The lowest BCUT2D eigenvalue weighted by Crippen LogP contribution is -2.06. The van der Waals surface area contributed by atoms with Crippen LogP contribution in [0.1, 0.15) is 10.4 Å². The maximum Gasteiger partial charge on any atom is 0.335 e. The zero-order chi connectivity index (χ0) is 11.8. The number of anilines is 1. The van der Waals surface area contributed by atoms with Crippen LogP contribution >= 0.6 is 12.6 Å². The maximum atomic E-state index is 10.8. The number of hydrogen-bond donors (Lipinski definition) is 4. The van der Waals surface area contributed by atoms with Gasteiger partial charge in [0, 0.05) is 10.6 Å². The summed E-state index contributed by atoms with van der Waals surface area (Å²) in [5.74, 6) is -1.35. The fourth-order valence-electron chi connectivity index (χ4n) is 0.950. The van der Waals surface area contributed by atoms with Gasteiger partial charge in [-0.3, -0.25) is 4.55 Å². The van der Waals surface area contributed by atoms with Crippen LogP contribution in [0.2, 0.25) is 0 Å². The van der Waals surface area contributed by atoms with E-state index in [4.69, 9.17) is 15.4 Å². The van der Waals surface area contributed by atoms with Crippen LogP contribution in [-0.4, -0.2) is 24.0 Å². The summed E-state index contributed by atoms with van der Waals surface area (Å²) in [4.78, 5) is 9.79. The van der Waals surface area contributed by atoms with E-state index in [0.717, 1.165) is 12.1 Å². The molecule has 1 rings (SSSR count). The summed E-state index contributed by atoms with van der Waals surface area (Å²) < 4.78 is 30.5. The molecule has 6 nitrogen and oxygen atoms in total. The molecule has 0 saturated heterocycles. The molecular formula is C7H7NO5S2. The van der Waals surface area contributed by atoms with Gasteiger partial charge >= 0.3 is 5.97 Å². The third-order valence-corrected chi connectivity index (χ3v) is 3.16. The van der Waals surface area contributed by atoms with Gasteiger partial charge in [-0.2, -0.15) is 8.42 Å². The van der Waals surface area contributed by atoms with Crippen LogP contribution in [0.15, 0.2) is 21.9 Å². The van der Waals surface area contributed by atoms with Crippen molar-refractivity contribution in [2.24, 2.45) is 0 Å². The largest absolute Gasteiger partial charge is 0.478 e. The molecule has 0 aromatic heterocycles. The number of thiol groups is 1. The van der Waals surface area contributed by atoms with Crippen molar-refractivity contribution in [1.82, 2.24) is 0 Å². The second-order valence-electron chi connectivity index (χ2n) is 2.69. The summed E-state index contributed by atoms with van der Waals surface area (Å²) in [5.41, 5.74) is 4.87. The van der Waals surface area contributed by atoms with E-state index >= 15 is 0 Å². The normalized spacial score (nSPS) is 11.3. The molecule has 0 heterocycles. The number of carbonyl (C=O) groups is 1. The monoisotopic (exact) mass is 249 g/mol. The van der Waals surface area contributed by atoms with Gasteiger partial charge in [0.1, 0.15) is 4.90 Å². The minimum absolute atomic E-state index is 0.133. The van der Waals surface area contributed by atoms with E-state index in [1.165, 1.54) is 0 Å². The van der Waals surface area contributed by atoms with Gasteiger partial charge in [0.2, 0.25) is 0 Å². The molecule has 0 aliphatic carbocycles. The Kier molecular flexibility index (Phi) is 2.93. The van der Waals surface area contributed by atoms with Crippen molar-refractivity contribution in [2.45, 2.75) is 9.79 Å². The predicted octanol–water partition coefficient (Wildman–Crippen LogP) is 0.502. The van der Waals surface area contributed by atoms with Gasteiger partial charge in [0.15, 0.2) is 0 Å². The van der Waals surface area contributed by atoms with Crippen LogP contribution in [0, 0.1) is 0 Å². The van der Waals surface area contributed by atoms with Gasteiger partial charge in [-0.15, -0.1) is 12.6 Å². The first-order valence-corrected chi connectivity index (χ1v) is 5.45. The number of carboxylic acids is 1. The molecule has 0 radical (unpaired) electrons. The van der Waals surface area contributed by atoms with Crippen molar-refractivity contribution in [3.8, 4) is 0 Å². The number of carboxylic acid groups (broad SMARTS) is 1. The van der Waals surface area contributed by atoms with Crippen LogP contribution in [0.5, 0.6) is 0 Å². The first kappa shape index (κ1) is 11.8. The minimum Gasteiger partial charge on any atom is -0.478 e. The van der Waals surface area contributed by atoms with Crippen molar-refractivity contribution in [1.29, 1.82) is 0 Å². The number of hydrogen-bond acceptors (Lipinski definition) is 5. The zero-order valence-corrected chi connectivity index (χ0v) is 8.92. The van der Waals surface area contributed by atoms with Crippen molar-refractivity contribution in [3.63, 3.8) is 0 Å². The molecule has 0 fully saturated rings. The Morgan fingerprint density at radius 2 is 1.93 bits per heavy atom. The molecule has 4 N–H and O–H groups in total. The third kappa shape index (κ3) is 2.41. The summed E-state index contributed by atoms with van der Waals surface area (Å²) in [6.45, 7) is 0. The van der Waals surface area contributed by atoms with Crippen molar-refractivity contribution >= 4 is 34.4 Å². The number of benzene rings is 1. The fourth-order valence-corrected chi connectivity index (χ4v) is 2.06. The first-order chi connectivity index (χ1) is 6.73. The topological polar surface area (TPSA) is 118 Å². The van der Waals surface area contributed by atoms with Crippen molar-refractivity contribution < 1.29 is 22.9 Å². The van der Waals surface area contributed by atoms with Crippen molar-refractivity contribution in [3.05, 3.63) is 17.7 Å². The highest BCUT2D eigenvalue weighted by molar-refractivity contribution is 7.87. The van der Waals surface area contributed by atoms with Gasteiger partial charge in [-0.25, -0.2) is 4.79 Å². The Morgan fingerprint density at radius 3 is 2.33 bits per heavy atom. The standard InChI is InChI=1S/C7H7NO5S2/c8-4-1-3(7(9)10)2-5(6(4)14)15(11,12)13/h1-2,14H,8H2,(H,9,10)(H,11,12,13). The van der Waals surface area contributed by atoms with Gasteiger partial charge < -0.3 is 10.8 Å². The van der Waals surface area contributed by atoms with Gasteiger partial charge in [0.05, 0.1) is 5.56 Å². The lowest BCUT2D eigenvalue weighted by molar-refractivity contribution is 0.0696. The maximum absolute atomic E-state index is 10.8. The molecule has 0 bridgehead atoms. The highest BCUT2D eigenvalue weighted by Gasteiger charge is 2.19. The smallest absolute Gasteiger partial charge is 0.335 e. The molecule has 0 aliphatic rings. The molecule has 0 atom stereocenters. The van der Waals surface area contributed by atoms with E-state index in [9.17, 15) is 13.2 Å². The average Bonchev–Trinajstić information content (AvgIpc) is 2.06. The molecule has 82 valence electrons. The molecule has 0 unspecified atom stereocenters. The predicted molar refractivity (Wildman–Crippen MR) is 54.9 cm³/mol. The van der Waals surface area contributed by atoms with Gasteiger partial charge in [-0.1, -0.05) is 0 Å². The van der Waals surface area contributed by atoms with Gasteiger partial charge in [-0.05, 0) is 12.1 Å². The van der Waals surface area contributed by atoms with E-state index in [1.54, 1.807) is 0 Å². The second kappa shape index (κ2) is 3.72. The van der Waals surface area contributed by atoms with E-state index in [-0.39, 0.29) is 16.1 Å². The quantitative estimate of drug-likeness (QED) is 0.344. The van der Waals surface area contributed by atoms with Crippen molar-refractivity contribution in [2.75, 3.05) is 5.73 Å². The average molecular weight is 249 g/mol. The Morgan fingerprint density at radius 1 is 1.40 bits per heavy atom. The lowest BCUT2D eigenvalue weighted by atomic mass is 10.2. The second-order valence-corrected chi connectivity index (χ2v) is 4.53. The molecule has 0 spiro atoms. The SMILES string of the molecule is Nc1cc(C(=O)O)cc(S(=O)(=O)O)c1S. The third-order valence-electron chi connectivity index (χ3n) is 1.63.